The van der Waals surface area contributed by atoms with Crippen LogP contribution in [0.3, 0.4) is 0 Å². The molecule has 39 heavy (non-hydrogen) atoms. The Morgan fingerprint density at radius 2 is 1.77 bits per heavy atom. The first-order valence-corrected chi connectivity index (χ1v) is 14.7. The van der Waals surface area contributed by atoms with Crippen molar-refractivity contribution in [3.8, 4) is 0 Å². The van der Waals surface area contributed by atoms with E-state index in [0.717, 1.165) is 31.7 Å². The highest BCUT2D eigenvalue weighted by Gasteiger charge is 2.23. The van der Waals surface area contributed by atoms with Crippen LogP contribution in [0, 0.1) is 6.92 Å². The standard InChI is InChI=1S/C27H34ClN7O3S/c1-18(2)39(37,38)24-8-6-5-7-22(24)31-26-21(28)16-29-27(33-26)32-23-15-20(10-9-19(23)3)30-25(36)17-35-13-11-34(4)12-14-35/h5-10,15-16,18H,11-14,17H2,1-4H3,(H,30,36)(H2,29,31,32,33). The highest BCUT2D eigenvalue weighted by Crippen LogP contribution is 2.31. The molecule has 2 heterocycles. The summed E-state index contributed by atoms with van der Waals surface area (Å²) in [5, 5.41) is 8.86. The average Bonchev–Trinajstić information content (AvgIpc) is 2.89. The van der Waals surface area contributed by atoms with E-state index < -0.39 is 15.1 Å². The predicted molar refractivity (Wildman–Crippen MR) is 156 cm³/mol. The van der Waals surface area contributed by atoms with Crippen molar-refractivity contribution in [1.82, 2.24) is 19.8 Å². The summed E-state index contributed by atoms with van der Waals surface area (Å²) in [6.07, 6.45) is 1.44. The van der Waals surface area contributed by atoms with E-state index in [-0.39, 0.29) is 27.6 Å². The van der Waals surface area contributed by atoms with Gasteiger partial charge >= 0.3 is 0 Å². The van der Waals surface area contributed by atoms with Gasteiger partial charge < -0.3 is 20.9 Å². The van der Waals surface area contributed by atoms with Crippen LogP contribution in [0.25, 0.3) is 0 Å². The second-order valence-corrected chi connectivity index (χ2v) is 12.8. The number of piperazine rings is 1. The summed E-state index contributed by atoms with van der Waals surface area (Å²) in [6.45, 7) is 9.17. The first-order chi connectivity index (χ1) is 18.5. The molecule has 208 valence electrons. The van der Waals surface area contributed by atoms with Crippen LogP contribution in [0.5, 0.6) is 0 Å². The van der Waals surface area contributed by atoms with Crippen LogP contribution in [0.2, 0.25) is 5.02 Å². The summed E-state index contributed by atoms with van der Waals surface area (Å²) in [7, 11) is -1.45. The van der Waals surface area contributed by atoms with Gasteiger partial charge in [-0.15, -0.1) is 0 Å². The fraction of sp³-hybridized carbons (Fsp3) is 0.370. The Labute approximate surface area is 234 Å². The van der Waals surface area contributed by atoms with Gasteiger partial charge in [0.2, 0.25) is 11.9 Å². The van der Waals surface area contributed by atoms with E-state index in [1.807, 2.05) is 25.1 Å². The molecule has 1 aliphatic rings. The molecule has 3 aromatic rings. The third-order valence-electron chi connectivity index (χ3n) is 6.54. The molecule has 0 saturated carbocycles. The molecule has 1 fully saturated rings. The summed E-state index contributed by atoms with van der Waals surface area (Å²) in [5.74, 6) is 0.448. The number of anilines is 5. The predicted octanol–water partition coefficient (Wildman–Crippen LogP) is 4.29. The number of sulfone groups is 1. The van der Waals surface area contributed by atoms with Gasteiger partial charge in [0, 0.05) is 37.6 Å². The van der Waals surface area contributed by atoms with Crippen molar-refractivity contribution < 1.29 is 13.2 Å². The zero-order valence-electron chi connectivity index (χ0n) is 22.5. The lowest BCUT2D eigenvalue weighted by atomic mass is 10.2. The van der Waals surface area contributed by atoms with Gasteiger partial charge in [-0.3, -0.25) is 9.69 Å². The molecule has 0 bridgehead atoms. The minimum atomic E-state index is -3.54. The maximum absolute atomic E-state index is 12.9. The van der Waals surface area contributed by atoms with Crippen molar-refractivity contribution in [2.24, 2.45) is 0 Å². The molecule has 1 aromatic heterocycles. The summed E-state index contributed by atoms with van der Waals surface area (Å²) in [4.78, 5) is 26.0. The van der Waals surface area contributed by atoms with Crippen molar-refractivity contribution in [2.75, 3.05) is 55.7 Å². The molecule has 3 N–H and O–H groups in total. The number of hydrogen-bond donors (Lipinski definition) is 3. The van der Waals surface area contributed by atoms with Crippen molar-refractivity contribution in [2.45, 2.75) is 30.9 Å². The Balaban J connectivity index is 1.49. The molecule has 1 amide bonds. The van der Waals surface area contributed by atoms with Gasteiger partial charge in [0.1, 0.15) is 5.02 Å². The van der Waals surface area contributed by atoms with Crippen molar-refractivity contribution in [3.63, 3.8) is 0 Å². The molecule has 0 radical (unpaired) electrons. The Hall–Kier alpha value is -3.25. The van der Waals surface area contributed by atoms with Gasteiger partial charge in [0.05, 0.1) is 28.6 Å². The highest BCUT2D eigenvalue weighted by molar-refractivity contribution is 7.92. The number of nitrogens with zero attached hydrogens (tertiary/aromatic N) is 4. The molecule has 0 atom stereocenters. The van der Waals surface area contributed by atoms with E-state index in [1.54, 1.807) is 38.1 Å². The number of para-hydroxylation sites is 1. The number of amides is 1. The lowest BCUT2D eigenvalue weighted by molar-refractivity contribution is -0.117. The lowest BCUT2D eigenvalue weighted by Gasteiger charge is -2.31. The molecule has 1 saturated heterocycles. The first kappa shape index (κ1) is 28.8. The van der Waals surface area contributed by atoms with Gasteiger partial charge in [-0.25, -0.2) is 13.4 Å². The third kappa shape index (κ3) is 7.24. The number of likely N-dealkylation sites (N-methyl/N-ethyl adjacent to an activating group) is 1. The monoisotopic (exact) mass is 571 g/mol. The molecular weight excluding hydrogens is 538 g/mol. The molecule has 4 rings (SSSR count). The molecule has 2 aromatic carbocycles. The zero-order chi connectivity index (χ0) is 28.2. The fourth-order valence-electron chi connectivity index (χ4n) is 4.08. The number of aryl methyl sites for hydroxylation is 1. The van der Waals surface area contributed by atoms with Gasteiger partial charge in [-0.05, 0) is 57.6 Å². The Kier molecular flexibility index (Phi) is 9.06. The fourth-order valence-corrected chi connectivity index (χ4v) is 5.42. The maximum Gasteiger partial charge on any atom is 0.238 e. The number of hydrogen-bond acceptors (Lipinski definition) is 9. The van der Waals surface area contributed by atoms with Crippen LogP contribution in [-0.4, -0.2) is 79.1 Å². The molecule has 0 aliphatic carbocycles. The Morgan fingerprint density at radius 1 is 1.05 bits per heavy atom. The second kappa shape index (κ2) is 12.3. The normalized spacial score (nSPS) is 14.8. The summed E-state index contributed by atoms with van der Waals surface area (Å²) >= 11 is 6.36. The molecular formula is C27H34ClN7O3S. The van der Waals surface area contributed by atoms with Crippen LogP contribution in [0.4, 0.5) is 28.8 Å². The number of carbonyl (C=O) groups excluding carboxylic acids is 1. The van der Waals surface area contributed by atoms with Crippen molar-refractivity contribution in [1.29, 1.82) is 0 Å². The van der Waals surface area contributed by atoms with Crippen molar-refractivity contribution >= 4 is 56.2 Å². The topological polar surface area (TPSA) is 120 Å². The maximum atomic E-state index is 12.9. The average molecular weight is 572 g/mol. The number of halogens is 1. The highest BCUT2D eigenvalue weighted by atomic mass is 35.5. The zero-order valence-corrected chi connectivity index (χ0v) is 24.1. The summed E-state index contributed by atoms with van der Waals surface area (Å²) < 4.78 is 25.7. The van der Waals surface area contributed by atoms with Crippen LogP contribution < -0.4 is 16.0 Å². The van der Waals surface area contributed by atoms with Crippen LogP contribution in [0.15, 0.2) is 53.6 Å². The van der Waals surface area contributed by atoms with E-state index in [0.29, 0.717) is 23.6 Å². The van der Waals surface area contributed by atoms with Gasteiger partial charge in [-0.2, -0.15) is 4.98 Å². The summed E-state index contributed by atoms with van der Waals surface area (Å²) in [5.41, 5.74) is 2.67. The molecule has 1 aliphatic heterocycles. The van der Waals surface area contributed by atoms with Crippen LogP contribution >= 0.6 is 11.6 Å². The smallest absolute Gasteiger partial charge is 0.238 e. The second-order valence-electron chi connectivity index (χ2n) is 9.89. The molecule has 10 nitrogen and oxygen atoms in total. The van der Waals surface area contributed by atoms with E-state index in [2.05, 4.69) is 42.8 Å². The summed E-state index contributed by atoms with van der Waals surface area (Å²) in [6, 6.07) is 12.2. The van der Waals surface area contributed by atoms with E-state index in [4.69, 9.17) is 11.6 Å². The molecule has 0 spiro atoms. The SMILES string of the molecule is Cc1ccc(NC(=O)CN2CCN(C)CC2)cc1Nc1ncc(Cl)c(Nc2ccccc2S(=O)(=O)C(C)C)n1. The van der Waals surface area contributed by atoms with Gasteiger partial charge in [0.25, 0.3) is 0 Å². The first-order valence-electron chi connectivity index (χ1n) is 12.7. The van der Waals surface area contributed by atoms with Crippen LogP contribution in [-0.2, 0) is 14.6 Å². The van der Waals surface area contributed by atoms with Gasteiger partial charge in [-0.1, -0.05) is 29.8 Å². The molecule has 0 unspecified atom stereocenters. The van der Waals surface area contributed by atoms with Crippen molar-refractivity contribution in [3.05, 3.63) is 59.2 Å². The number of aromatic nitrogens is 2. The number of nitrogens with one attached hydrogen (secondary N) is 3. The minimum absolute atomic E-state index is 0.0707. The Morgan fingerprint density at radius 3 is 2.49 bits per heavy atom. The van der Waals surface area contributed by atoms with E-state index in [9.17, 15) is 13.2 Å². The lowest BCUT2D eigenvalue weighted by Crippen LogP contribution is -2.47. The van der Waals surface area contributed by atoms with E-state index >= 15 is 0 Å². The number of carbonyl (C=O) groups is 1. The largest absolute Gasteiger partial charge is 0.338 e. The quantitative estimate of drug-likeness (QED) is 0.345. The van der Waals surface area contributed by atoms with Crippen LogP contribution in [0.1, 0.15) is 19.4 Å². The number of rotatable bonds is 9. The van der Waals surface area contributed by atoms with E-state index in [1.165, 1.54) is 6.20 Å². The minimum Gasteiger partial charge on any atom is -0.338 e. The number of benzene rings is 2. The Bertz CT molecular complexity index is 1440. The third-order valence-corrected chi connectivity index (χ3v) is 9.03. The molecule has 12 heteroatoms. The van der Waals surface area contributed by atoms with Gasteiger partial charge in [0.15, 0.2) is 15.7 Å².